The van der Waals surface area contributed by atoms with Crippen molar-refractivity contribution in [2.75, 3.05) is 13.7 Å². The van der Waals surface area contributed by atoms with Gasteiger partial charge < -0.3 is 9.84 Å². The Balaban J connectivity index is 2.39. The zero-order valence-electron chi connectivity index (χ0n) is 8.77. The van der Waals surface area contributed by atoms with Gasteiger partial charge in [0.2, 0.25) is 0 Å². The molecule has 0 aromatic carbocycles. The van der Waals surface area contributed by atoms with Crippen molar-refractivity contribution in [2.45, 2.75) is 18.4 Å². The van der Waals surface area contributed by atoms with E-state index in [1.165, 1.54) is 0 Å². The highest BCUT2D eigenvalue weighted by molar-refractivity contribution is 9.10. The molecule has 0 radical (unpaired) electrons. The van der Waals surface area contributed by atoms with Crippen LogP contribution < -0.4 is 0 Å². The summed E-state index contributed by atoms with van der Waals surface area (Å²) in [6, 6.07) is 0. The van der Waals surface area contributed by atoms with Gasteiger partial charge in [-0.05, 0) is 34.7 Å². The van der Waals surface area contributed by atoms with Gasteiger partial charge in [0.05, 0.1) is 6.61 Å². The number of aryl methyl sites for hydroxylation is 1. The van der Waals surface area contributed by atoms with Crippen LogP contribution >= 0.6 is 15.9 Å². The van der Waals surface area contributed by atoms with Crippen LogP contribution in [-0.2, 0) is 17.4 Å². The Labute approximate surface area is 96.6 Å². The molecule has 15 heavy (non-hydrogen) atoms. The van der Waals surface area contributed by atoms with Gasteiger partial charge in [-0.15, -0.1) is 5.10 Å². The van der Waals surface area contributed by atoms with Crippen LogP contribution in [0.1, 0.15) is 18.5 Å². The van der Waals surface area contributed by atoms with Crippen molar-refractivity contribution >= 4 is 15.9 Å². The monoisotopic (exact) mass is 275 g/mol. The van der Waals surface area contributed by atoms with Crippen LogP contribution in [0.3, 0.4) is 0 Å². The van der Waals surface area contributed by atoms with Gasteiger partial charge in [-0.25, -0.2) is 4.68 Å². The third-order valence-corrected chi connectivity index (χ3v) is 3.35. The van der Waals surface area contributed by atoms with E-state index in [0.29, 0.717) is 10.3 Å². The molecule has 1 aliphatic carbocycles. The zero-order valence-corrected chi connectivity index (χ0v) is 10.4. The van der Waals surface area contributed by atoms with E-state index in [1.54, 1.807) is 18.8 Å². The standard InChI is InChI=1S/C9H14BrN3O2/c1-13-7(8(10)11-12-13)9(14,5-15-2)6-3-4-6/h6,14H,3-5H2,1-2H3. The second-order valence-electron chi connectivity index (χ2n) is 3.98. The molecule has 1 saturated carbocycles. The highest BCUT2D eigenvalue weighted by Gasteiger charge is 2.48. The molecule has 0 amide bonds. The molecule has 5 nitrogen and oxygen atoms in total. The fourth-order valence-electron chi connectivity index (χ4n) is 1.95. The molecule has 1 N–H and O–H groups in total. The van der Waals surface area contributed by atoms with Crippen LogP contribution in [0.4, 0.5) is 0 Å². The van der Waals surface area contributed by atoms with Crippen LogP contribution in [-0.4, -0.2) is 33.8 Å². The minimum Gasteiger partial charge on any atom is -0.381 e. The molecule has 1 unspecified atom stereocenters. The van der Waals surface area contributed by atoms with Gasteiger partial charge in [0.15, 0.2) is 4.60 Å². The number of halogens is 1. The maximum Gasteiger partial charge on any atom is 0.154 e. The molecule has 1 fully saturated rings. The Morgan fingerprint density at radius 1 is 1.67 bits per heavy atom. The largest absolute Gasteiger partial charge is 0.381 e. The van der Waals surface area contributed by atoms with E-state index in [2.05, 4.69) is 26.2 Å². The molecule has 1 aromatic rings. The first-order valence-corrected chi connectivity index (χ1v) is 5.66. The van der Waals surface area contributed by atoms with Crippen LogP contribution in [0.2, 0.25) is 0 Å². The lowest BCUT2D eigenvalue weighted by atomic mass is 9.95. The third kappa shape index (κ3) is 1.81. The summed E-state index contributed by atoms with van der Waals surface area (Å²) in [6.07, 6.45) is 2.05. The third-order valence-electron chi connectivity index (χ3n) is 2.81. The molecule has 1 atom stereocenters. The maximum atomic E-state index is 10.6. The number of rotatable bonds is 4. The van der Waals surface area contributed by atoms with Gasteiger partial charge in [-0.3, -0.25) is 0 Å². The van der Waals surface area contributed by atoms with Gasteiger partial charge >= 0.3 is 0 Å². The van der Waals surface area contributed by atoms with E-state index >= 15 is 0 Å². The second kappa shape index (κ2) is 3.84. The first kappa shape index (κ1) is 11.0. The zero-order chi connectivity index (χ0) is 11.1. The van der Waals surface area contributed by atoms with Gasteiger partial charge in [0.1, 0.15) is 11.3 Å². The average Bonchev–Trinajstić information content (AvgIpc) is 2.95. The van der Waals surface area contributed by atoms with Crippen molar-refractivity contribution in [3.63, 3.8) is 0 Å². The predicted octanol–water partition coefficient (Wildman–Crippen LogP) is 0.822. The molecule has 6 heteroatoms. The smallest absolute Gasteiger partial charge is 0.154 e. The Morgan fingerprint density at radius 2 is 2.33 bits per heavy atom. The number of aliphatic hydroxyl groups is 1. The molecule has 0 aliphatic heterocycles. The first-order valence-electron chi connectivity index (χ1n) is 4.86. The van der Waals surface area contributed by atoms with E-state index < -0.39 is 5.60 Å². The number of methoxy groups -OCH3 is 1. The Kier molecular flexibility index (Phi) is 2.83. The molecule has 2 rings (SSSR count). The van der Waals surface area contributed by atoms with Crippen molar-refractivity contribution in [1.82, 2.24) is 15.0 Å². The number of nitrogens with zero attached hydrogens (tertiary/aromatic N) is 3. The minimum absolute atomic E-state index is 0.256. The molecule has 84 valence electrons. The predicted molar refractivity (Wildman–Crippen MR) is 57.2 cm³/mol. The van der Waals surface area contributed by atoms with Crippen molar-refractivity contribution in [2.24, 2.45) is 13.0 Å². The fraction of sp³-hybridized carbons (Fsp3) is 0.778. The molecule has 0 spiro atoms. The first-order chi connectivity index (χ1) is 7.09. The summed E-state index contributed by atoms with van der Waals surface area (Å²) in [5.41, 5.74) is -0.266. The van der Waals surface area contributed by atoms with Gasteiger partial charge in [0, 0.05) is 14.2 Å². The van der Waals surface area contributed by atoms with E-state index in [-0.39, 0.29) is 12.5 Å². The fourth-order valence-corrected chi connectivity index (χ4v) is 2.62. The van der Waals surface area contributed by atoms with Gasteiger partial charge in [0.25, 0.3) is 0 Å². The lowest BCUT2D eigenvalue weighted by Crippen LogP contribution is -2.36. The molecule has 0 saturated heterocycles. The lowest BCUT2D eigenvalue weighted by molar-refractivity contribution is -0.0594. The Bertz CT molecular complexity index is 345. The van der Waals surface area contributed by atoms with Crippen LogP contribution in [0, 0.1) is 5.92 Å². The highest BCUT2D eigenvalue weighted by atomic mass is 79.9. The second-order valence-corrected chi connectivity index (χ2v) is 4.74. The van der Waals surface area contributed by atoms with Crippen LogP contribution in [0.25, 0.3) is 0 Å². The van der Waals surface area contributed by atoms with Crippen molar-refractivity contribution in [3.8, 4) is 0 Å². The molecule has 0 bridgehead atoms. The van der Waals surface area contributed by atoms with Crippen molar-refractivity contribution in [1.29, 1.82) is 0 Å². The van der Waals surface area contributed by atoms with E-state index in [0.717, 1.165) is 12.8 Å². The van der Waals surface area contributed by atoms with Crippen LogP contribution in [0.15, 0.2) is 4.60 Å². The molecular weight excluding hydrogens is 262 g/mol. The summed E-state index contributed by atoms with van der Waals surface area (Å²) in [7, 11) is 3.36. The normalized spacial score (nSPS) is 20.3. The minimum atomic E-state index is -0.966. The summed E-state index contributed by atoms with van der Waals surface area (Å²) in [5.74, 6) is 0.256. The van der Waals surface area contributed by atoms with Crippen LogP contribution in [0.5, 0.6) is 0 Å². The molecule has 1 aliphatic rings. The summed E-state index contributed by atoms with van der Waals surface area (Å²) >= 11 is 3.31. The van der Waals surface area contributed by atoms with E-state index in [1.807, 2.05) is 0 Å². The number of ether oxygens (including phenoxy) is 1. The summed E-state index contributed by atoms with van der Waals surface area (Å²) in [6.45, 7) is 0.275. The number of hydrogen-bond donors (Lipinski definition) is 1. The number of hydrogen-bond acceptors (Lipinski definition) is 4. The molecule has 1 heterocycles. The maximum absolute atomic E-state index is 10.6. The SMILES string of the molecule is COCC(O)(c1c(Br)nnn1C)C1CC1. The summed E-state index contributed by atoms with van der Waals surface area (Å²) in [5, 5.41) is 18.4. The summed E-state index contributed by atoms with van der Waals surface area (Å²) in [4.78, 5) is 0. The average molecular weight is 276 g/mol. The van der Waals surface area contributed by atoms with Crippen molar-refractivity contribution < 1.29 is 9.84 Å². The Hall–Kier alpha value is -0.460. The van der Waals surface area contributed by atoms with Gasteiger partial charge in [-0.2, -0.15) is 0 Å². The molecule has 1 aromatic heterocycles. The van der Waals surface area contributed by atoms with Gasteiger partial charge in [-0.1, -0.05) is 5.21 Å². The summed E-state index contributed by atoms with van der Waals surface area (Å²) < 4.78 is 7.29. The number of aromatic nitrogens is 3. The quantitative estimate of drug-likeness (QED) is 0.884. The van der Waals surface area contributed by atoms with Crippen molar-refractivity contribution in [3.05, 3.63) is 10.3 Å². The Morgan fingerprint density at radius 3 is 2.73 bits per heavy atom. The highest BCUT2D eigenvalue weighted by Crippen LogP contribution is 2.47. The van der Waals surface area contributed by atoms with E-state index in [4.69, 9.17) is 4.74 Å². The molecular formula is C9H14BrN3O2. The lowest BCUT2D eigenvalue weighted by Gasteiger charge is -2.27. The van der Waals surface area contributed by atoms with E-state index in [9.17, 15) is 5.11 Å². The topological polar surface area (TPSA) is 60.2 Å².